The molecule has 0 saturated heterocycles. The maximum atomic E-state index is 11.9. The van der Waals surface area contributed by atoms with Crippen molar-refractivity contribution in [3.05, 3.63) is 34.9 Å². The quantitative estimate of drug-likeness (QED) is 0.820. The van der Waals surface area contributed by atoms with E-state index in [9.17, 15) is 4.79 Å². The predicted octanol–water partition coefficient (Wildman–Crippen LogP) is 4.27. The summed E-state index contributed by atoms with van der Waals surface area (Å²) in [5.41, 5.74) is 0.762. The zero-order valence-electron chi connectivity index (χ0n) is 11.0. The van der Waals surface area contributed by atoms with Gasteiger partial charge in [-0.25, -0.2) is 0 Å². The smallest absolute Gasteiger partial charge is 0.252 e. The summed E-state index contributed by atoms with van der Waals surface area (Å²) in [4.78, 5) is 12.2. The number of halogens is 2. The highest BCUT2D eigenvalue weighted by molar-refractivity contribution is 9.09. The molecule has 100 valence electrons. The second kappa shape index (κ2) is 6.58. The van der Waals surface area contributed by atoms with E-state index in [1.807, 2.05) is 12.1 Å². The van der Waals surface area contributed by atoms with E-state index in [1.165, 1.54) is 0 Å². The fourth-order valence-electron chi connectivity index (χ4n) is 1.68. The average Bonchev–Trinajstić information content (AvgIpc) is 2.24. The van der Waals surface area contributed by atoms with Crippen LogP contribution in [0.5, 0.6) is 0 Å². The highest BCUT2D eigenvalue weighted by Crippen LogP contribution is 2.24. The van der Waals surface area contributed by atoms with Crippen LogP contribution >= 0.6 is 27.5 Å². The van der Waals surface area contributed by atoms with Crippen LogP contribution in [0.25, 0.3) is 0 Å². The van der Waals surface area contributed by atoms with Crippen LogP contribution in [0.15, 0.2) is 24.3 Å². The van der Waals surface area contributed by atoms with Crippen LogP contribution in [0.1, 0.15) is 37.6 Å². The Bertz CT molecular complexity index is 415. The summed E-state index contributed by atoms with van der Waals surface area (Å²) in [6.07, 6.45) is 0.996. The van der Waals surface area contributed by atoms with Crippen LogP contribution in [0, 0.1) is 5.41 Å². The number of alkyl halides is 1. The second-order valence-corrected chi connectivity index (χ2v) is 7.25. The van der Waals surface area contributed by atoms with Crippen LogP contribution < -0.4 is 5.32 Å². The van der Waals surface area contributed by atoms with Gasteiger partial charge < -0.3 is 5.32 Å². The van der Waals surface area contributed by atoms with E-state index >= 15 is 0 Å². The molecule has 0 radical (unpaired) electrons. The number of nitrogens with one attached hydrogen (secondary N) is 1. The van der Waals surface area contributed by atoms with Crippen LogP contribution in [0.4, 0.5) is 0 Å². The number of carbonyl (C=O) groups is 1. The van der Waals surface area contributed by atoms with Gasteiger partial charge in [-0.15, -0.1) is 0 Å². The Morgan fingerprint density at radius 3 is 2.56 bits per heavy atom. The topological polar surface area (TPSA) is 29.1 Å². The minimum Gasteiger partial charge on any atom is -0.351 e. The lowest BCUT2D eigenvalue weighted by molar-refractivity contribution is 0.0952. The molecule has 18 heavy (non-hydrogen) atoms. The summed E-state index contributed by atoms with van der Waals surface area (Å²) in [6.45, 7) is 7.13. The number of hydrogen-bond acceptors (Lipinski definition) is 1. The normalized spacial score (nSPS) is 13.2. The van der Waals surface area contributed by atoms with Gasteiger partial charge in [0.1, 0.15) is 0 Å². The van der Waals surface area contributed by atoms with Crippen molar-refractivity contribution in [3.63, 3.8) is 0 Å². The van der Waals surface area contributed by atoms with Crippen molar-refractivity contribution in [2.45, 2.75) is 32.0 Å². The van der Waals surface area contributed by atoms with Gasteiger partial charge in [0.25, 0.3) is 5.91 Å². The summed E-state index contributed by atoms with van der Waals surface area (Å²) in [6, 6.07) is 7.06. The Balaban J connectivity index is 2.50. The average molecular weight is 333 g/mol. The number of benzene rings is 1. The van der Waals surface area contributed by atoms with Gasteiger partial charge in [-0.3, -0.25) is 4.79 Å². The lowest BCUT2D eigenvalue weighted by Gasteiger charge is -2.22. The lowest BCUT2D eigenvalue weighted by atomic mass is 9.90. The second-order valence-electron chi connectivity index (χ2n) is 5.55. The highest BCUT2D eigenvalue weighted by Gasteiger charge is 2.17. The van der Waals surface area contributed by atoms with Gasteiger partial charge >= 0.3 is 0 Å². The molecule has 0 bridgehead atoms. The molecule has 1 aromatic carbocycles. The van der Waals surface area contributed by atoms with E-state index in [0.717, 1.165) is 6.42 Å². The molecule has 0 heterocycles. The molecule has 1 unspecified atom stereocenters. The fraction of sp³-hybridized carbons (Fsp3) is 0.500. The molecule has 1 amide bonds. The van der Waals surface area contributed by atoms with Crippen molar-refractivity contribution in [2.75, 3.05) is 6.54 Å². The molecule has 2 nitrogen and oxygen atoms in total. The monoisotopic (exact) mass is 331 g/mol. The van der Waals surface area contributed by atoms with E-state index in [4.69, 9.17) is 11.6 Å². The van der Waals surface area contributed by atoms with Crippen LogP contribution in [-0.2, 0) is 0 Å². The van der Waals surface area contributed by atoms with Crippen molar-refractivity contribution in [1.29, 1.82) is 0 Å². The molecule has 4 heteroatoms. The van der Waals surface area contributed by atoms with Gasteiger partial charge in [-0.2, -0.15) is 0 Å². The zero-order valence-corrected chi connectivity index (χ0v) is 13.3. The molecule has 0 aliphatic rings. The minimum atomic E-state index is -0.126. The molecule has 0 fully saturated rings. The third-order valence-electron chi connectivity index (χ3n) is 2.44. The first-order valence-electron chi connectivity index (χ1n) is 5.96. The third kappa shape index (κ3) is 5.40. The highest BCUT2D eigenvalue weighted by atomic mass is 79.9. The Labute approximate surface area is 122 Å². The van der Waals surface area contributed by atoms with E-state index in [2.05, 4.69) is 42.0 Å². The summed E-state index contributed by atoms with van der Waals surface area (Å²) < 4.78 is 0. The lowest BCUT2D eigenvalue weighted by Crippen LogP contribution is -2.31. The molecule has 1 N–H and O–H groups in total. The van der Waals surface area contributed by atoms with Gasteiger partial charge in [0, 0.05) is 11.4 Å². The Hall–Kier alpha value is -0.540. The fourth-order valence-corrected chi connectivity index (χ4v) is 3.04. The molecule has 1 aromatic rings. The first-order valence-corrected chi connectivity index (χ1v) is 7.26. The number of rotatable bonds is 4. The molecule has 1 rings (SSSR count). The van der Waals surface area contributed by atoms with Crippen LogP contribution in [0.3, 0.4) is 0 Å². The standard InChI is InChI=1S/C14H19BrClNO/c1-14(2,3)8-10(15)9-17-13(18)11-6-4-5-7-12(11)16/h4-7,10H,8-9H2,1-3H3,(H,17,18). The van der Waals surface area contributed by atoms with E-state index in [-0.39, 0.29) is 16.1 Å². The van der Waals surface area contributed by atoms with Crippen molar-refractivity contribution in [1.82, 2.24) is 5.32 Å². The van der Waals surface area contributed by atoms with Gasteiger partial charge in [0.2, 0.25) is 0 Å². The van der Waals surface area contributed by atoms with E-state index in [0.29, 0.717) is 17.1 Å². The molecule has 0 aliphatic carbocycles. The Kier molecular flexibility index (Phi) is 5.67. The first kappa shape index (κ1) is 15.5. The summed E-state index contributed by atoms with van der Waals surface area (Å²) in [5.74, 6) is -0.126. The van der Waals surface area contributed by atoms with Crippen LogP contribution in [-0.4, -0.2) is 17.3 Å². The summed E-state index contributed by atoms with van der Waals surface area (Å²) in [7, 11) is 0. The molecule has 1 atom stereocenters. The Morgan fingerprint density at radius 2 is 2.00 bits per heavy atom. The number of carbonyl (C=O) groups excluding carboxylic acids is 1. The van der Waals surface area contributed by atoms with Gasteiger partial charge in [-0.1, -0.05) is 60.4 Å². The Morgan fingerprint density at radius 1 is 1.39 bits per heavy atom. The molecule has 0 aromatic heterocycles. The molecular weight excluding hydrogens is 314 g/mol. The first-order chi connectivity index (χ1) is 8.29. The molecule has 0 spiro atoms. The zero-order chi connectivity index (χ0) is 13.8. The van der Waals surface area contributed by atoms with Gasteiger partial charge in [0.05, 0.1) is 10.6 Å². The SMILES string of the molecule is CC(C)(C)CC(Br)CNC(=O)c1ccccc1Cl. The van der Waals surface area contributed by atoms with Crippen molar-refractivity contribution >= 4 is 33.4 Å². The van der Waals surface area contributed by atoms with Crippen molar-refractivity contribution < 1.29 is 4.79 Å². The maximum Gasteiger partial charge on any atom is 0.252 e. The third-order valence-corrected chi connectivity index (χ3v) is 3.41. The van der Waals surface area contributed by atoms with Gasteiger partial charge in [-0.05, 0) is 24.0 Å². The van der Waals surface area contributed by atoms with E-state index in [1.54, 1.807) is 12.1 Å². The maximum absolute atomic E-state index is 11.9. The van der Waals surface area contributed by atoms with Crippen molar-refractivity contribution in [2.24, 2.45) is 5.41 Å². The van der Waals surface area contributed by atoms with Crippen molar-refractivity contribution in [3.8, 4) is 0 Å². The number of hydrogen-bond donors (Lipinski definition) is 1. The summed E-state index contributed by atoms with van der Waals surface area (Å²) >= 11 is 9.55. The largest absolute Gasteiger partial charge is 0.351 e. The number of amides is 1. The molecule has 0 aliphatic heterocycles. The molecule has 0 saturated carbocycles. The predicted molar refractivity (Wildman–Crippen MR) is 80.6 cm³/mol. The summed E-state index contributed by atoms with van der Waals surface area (Å²) in [5, 5.41) is 3.38. The van der Waals surface area contributed by atoms with Crippen LogP contribution in [0.2, 0.25) is 5.02 Å². The van der Waals surface area contributed by atoms with Gasteiger partial charge in [0.15, 0.2) is 0 Å². The molecular formula is C14H19BrClNO. The minimum absolute atomic E-state index is 0.126. The van der Waals surface area contributed by atoms with E-state index < -0.39 is 0 Å².